The van der Waals surface area contributed by atoms with Gasteiger partial charge in [0.05, 0.1) is 0 Å². The number of rotatable bonds is 5. The van der Waals surface area contributed by atoms with E-state index in [-0.39, 0.29) is 5.54 Å². The monoisotopic (exact) mass is 261 g/mol. The quantitative estimate of drug-likeness (QED) is 0.828. The Balaban J connectivity index is 1.94. The summed E-state index contributed by atoms with van der Waals surface area (Å²) in [7, 11) is 2.24. The Morgan fingerprint density at radius 3 is 2.58 bits per heavy atom. The van der Waals surface area contributed by atoms with Crippen molar-refractivity contribution in [2.45, 2.75) is 50.5 Å². The lowest BCUT2D eigenvalue weighted by molar-refractivity contribution is 0.109. The normalized spacial score (nSPS) is 19.3. The lowest BCUT2D eigenvalue weighted by Crippen LogP contribution is -2.52. The van der Waals surface area contributed by atoms with Crippen LogP contribution in [0.25, 0.3) is 0 Å². The average molecular weight is 261 g/mol. The Morgan fingerprint density at radius 1 is 1.26 bits per heavy atom. The molecule has 0 amide bonds. The van der Waals surface area contributed by atoms with E-state index in [0.717, 1.165) is 19.5 Å². The van der Waals surface area contributed by atoms with Crippen molar-refractivity contribution in [3.8, 4) is 0 Å². The molecule has 0 atom stereocenters. The highest BCUT2D eigenvalue weighted by Gasteiger charge is 2.33. The number of pyridine rings is 1. The smallest absolute Gasteiger partial charge is 0.0328 e. The molecule has 1 aliphatic carbocycles. The summed E-state index contributed by atoms with van der Waals surface area (Å²) in [4.78, 5) is 6.69. The van der Waals surface area contributed by atoms with Crippen LogP contribution in [0, 0.1) is 0 Å². The fourth-order valence-electron chi connectivity index (χ4n) is 3.21. The molecule has 1 saturated carbocycles. The molecular formula is C16H27N3. The molecule has 2 N–H and O–H groups in total. The summed E-state index contributed by atoms with van der Waals surface area (Å²) in [6.45, 7) is 1.86. The van der Waals surface area contributed by atoms with Crippen molar-refractivity contribution in [2.24, 2.45) is 5.73 Å². The fourth-order valence-corrected chi connectivity index (χ4v) is 3.21. The Hall–Kier alpha value is -0.930. The van der Waals surface area contributed by atoms with Gasteiger partial charge in [-0.1, -0.05) is 31.7 Å². The van der Waals surface area contributed by atoms with Gasteiger partial charge in [0, 0.05) is 31.0 Å². The summed E-state index contributed by atoms with van der Waals surface area (Å²) in [5.74, 6) is 0. The first-order valence-electron chi connectivity index (χ1n) is 7.57. The van der Waals surface area contributed by atoms with Crippen LogP contribution in [0.1, 0.15) is 44.1 Å². The van der Waals surface area contributed by atoms with Gasteiger partial charge in [-0.3, -0.25) is 9.88 Å². The van der Waals surface area contributed by atoms with Gasteiger partial charge in [0.2, 0.25) is 0 Å². The van der Waals surface area contributed by atoms with Gasteiger partial charge in [-0.25, -0.2) is 0 Å². The van der Waals surface area contributed by atoms with Gasteiger partial charge >= 0.3 is 0 Å². The number of nitrogens with zero attached hydrogens (tertiary/aromatic N) is 2. The van der Waals surface area contributed by atoms with Crippen LogP contribution in [0.2, 0.25) is 0 Å². The molecule has 0 unspecified atom stereocenters. The van der Waals surface area contributed by atoms with Crippen LogP contribution in [0.4, 0.5) is 0 Å². The van der Waals surface area contributed by atoms with E-state index in [2.05, 4.69) is 23.0 Å². The van der Waals surface area contributed by atoms with E-state index in [1.165, 1.54) is 44.1 Å². The molecule has 3 nitrogen and oxygen atoms in total. The third-order valence-electron chi connectivity index (χ3n) is 4.68. The van der Waals surface area contributed by atoms with Crippen LogP contribution in [-0.4, -0.2) is 35.6 Å². The zero-order valence-electron chi connectivity index (χ0n) is 12.1. The van der Waals surface area contributed by atoms with Gasteiger partial charge in [0.1, 0.15) is 0 Å². The highest BCUT2D eigenvalue weighted by atomic mass is 15.2. The summed E-state index contributed by atoms with van der Waals surface area (Å²) >= 11 is 0. The van der Waals surface area contributed by atoms with Gasteiger partial charge in [0.25, 0.3) is 0 Å². The molecule has 1 aromatic rings. The molecule has 0 saturated heterocycles. The highest BCUT2D eigenvalue weighted by Crippen LogP contribution is 2.31. The molecule has 0 radical (unpaired) electrons. The van der Waals surface area contributed by atoms with Crippen LogP contribution in [-0.2, 0) is 6.42 Å². The molecule has 0 bridgehead atoms. The van der Waals surface area contributed by atoms with Crippen molar-refractivity contribution >= 4 is 0 Å². The Morgan fingerprint density at radius 2 is 2.00 bits per heavy atom. The van der Waals surface area contributed by atoms with Gasteiger partial charge in [-0.2, -0.15) is 0 Å². The number of aromatic nitrogens is 1. The molecule has 0 spiro atoms. The zero-order chi connectivity index (χ0) is 13.6. The molecule has 1 aromatic heterocycles. The lowest BCUT2D eigenvalue weighted by atomic mass is 9.88. The number of nitrogens with two attached hydrogens (primary N) is 1. The summed E-state index contributed by atoms with van der Waals surface area (Å²) in [6, 6.07) is 4.17. The van der Waals surface area contributed by atoms with Crippen LogP contribution in [0.3, 0.4) is 0 Å². The predicted octanol–water partition coefficient (Wildman–Crippen LogP) is 2.61. The van der Waals surface area contributed by atoms with Crippen molar-refractivity contribution in [3.05, 3.63) is 30.1 Å². The van der Waals surface area contributed by atoms with E-state index in [9.17, 15) is 0 Å². The van der Waals surface area contributed by atoms with Crippen LogP contribution < -0.4 is 5.73 Å². The minimum absolute atomic E-state index is 0.235. The van der Waals surface area contributed by atoms with Gasteiger partial charge < -0.3 is 5.73 Å². The second-order valence-electron chi connectivity index (χ2n) is 5.88. The summed E-state index contributed by atoms with van der Waals surface area (Å²) < 4.78 is 0. The molecule has 19 heavy (non-hydrogen) atoms. The molecule has 0 aliphatic heterocycles. The van der Waals surface area contributed by atoms with E-state index in [1.54, 1.807) is 0 Å². The van der Waals surface area contributed by atoms with E-state index in [0.29, 0.717) is 0 Å². The first-order valence-corrected chi connectivity index (χ1v) is 7.57. The molecule has 0 aromatic carbocycles. The van der Waals surface area contributed by atoms with E-state index in [4.69, 9.17) is 5.73 Å². The van der Waals surface area contributed by atoms with Gasteiger partial charge in [0.15, 0.2) is 0 Å². The first-order chi connectivity index (χ1) is 9.27. The third-order valence-corrected chi connectivity index (χ3v) is 4.68. The van der Waals surface area contributed by atoms with Crippen LogP contribution in [0.15, 0.2) is 24.5 Å². The Bertz CT molecular complexity index is 356. The maximum Gasteiger partial charge on any atom is 0.0328 e. The van der Waals surface area contributed by atoms with E-state index < -0.39 is 0 Å². The Labute approximate surface area is 117 Å². The predicted molar refractivity (Wildman–Crippen MR) is 80.1 cm³/mol. The SMILES string of the molecule is CN(CCc1cccnc1)C1(CN)CCCCCC1. The molecule has 1 heterocycles. The third kappa shape index (κ3) is 3.77. The topological polar surface area (TPSA) is 42.2 Å². The molecule has 2 rings (SSSR count). The van der Waals surface area contributed by atoms with Crippen LogP contribution >= 0.6 is 0 Å². The van der Waals surface area contributed by atoms with E-state index in [1.807, 2.05) is 18.5 Å². The van der Waals surface area contributed by atoms with Gasteiger partial charge in [-0.05, 0) is 37.9 Å². The molecule has 106 valence electrons. The van der Waals surface area contributed by atoms with E-state index >= 15 is 0 Å². The van der Waals surface area contributed by atoms with Crippen molar-refractivity contribution in [1.82, 2.24) is 9.88 Å². The van der Waals surface area contributed by atoms with Crippen molar-refractivity contribution in [2.75, 3.05) is 20.1 Å². The molecule has 1 fully saturated rings. The summed E-state index contributed by atoms with van der Waals surface area (Å²) in [6.07, 6.45) is 12.8. The molecule has 1 aliphatic rings. The minimum atomic E-state index is 0.235. The summed E-state index contributed by atoms with van der Waals surface area (Å²) in [5, 5.41) is 0. The number of hydrogen-bond donors (Lipinski definition) is 1. The molecular weight excluding hydrogens is 234 g/mol. The first kappa shape index (κ1) is 14.5. The average Bonchev–Trinajstić information content (AvgIpc) is 2.72. The fraction of sp³-hybridized carbons (Fsp3) is 0.688. The zero-order valence-corrected chi connectivity index (χ0v) is 12.1. The number of hydrogen-bond acceptors (Lipinski definition) is 3. The second-order valence-corrected chi connectivity index (χ2v) is 5.88. The maximum absolute atomic E-state index is 6.12. The molecule has 3 heteroatoms. The minimum Gasteiger partial charge on any atom is -0.329 e. The largest absolute Gasteiger partial charge is 0.329 e. The van der Waals surface area contributed by atoms with Crippen molar-refractivity contribution in [1.29, 1.82) is 0 Å². The van der Waals surface area contributed by atoms with Crippen molar-refractivity contribution in [3.63, 3.8) is 0 Å². The standard InChI is InChI=1S/C16H27N3/c1-19(12-8-15-7-6-11-18-13-15)16(14-17)9-4-2-3-5-10-16/h6-7,11,13H,2-5,8-10,12,14,17H2,1H3. The van der Waals surface area contributed by atoms with Crippen molar-refractivity contribution < 1.29 is 0 Å². The summed E-state index contributed by atoms with van der Waals surface area (Å²) in [5.41, 5.74) is 7.67. The number of likely N-dealkylation sites (N-methyl/N-ethyl adjacent to an activating group) is 1. The van der Waals surface area contributed by atoms with Crippen LogP contribution in [0.5, 0.6) is 0 Å². The second kappa shape index (κ2) is 7.01. The Kier molecular flexibility index (Phi) is 5.34. The highest BCUT2D eigenvalue weighted by molar-refractivity contribution is 5.09. The lowest BCUT2D eigenvalue weighted by Gasteiger charge is -2.41. The van der Waals surface area contributed by atoms with Gasteiger partial charge in [-0.15, -0.1) is 0 Å². The maximum atomic E-state index is 6.12.